The van der Waals surface area contributed by atoms with E-state index >= 15 is 0 Å². The number of rotatable bonds is 6. The molecular weight excluding hydrogens is 366 g/mol. The number of para-hydroxylation sites is 1. The predicted octanol–water partition coefficient (Wildman–Crippen LogP) is 5.87. The van der Waals surface area contributed by atoms with Gasteiger partial charge in [0, 0.05) is 5.69 Å². The molecule has 152 valence electrons. The van der Waals surface area contributed by atoms with Gasteiger partial charge in [0.25, 0.3) is 5.91 Å². The molecule has 0 atom stereocenters. The summed E-state index contributed by atoms with van der Waals surface area (Å²) in [5.74, 6) is 1.65. The van der Waals surface area contributed by atoms with Crippen LogP contribution in [-0.4, -0.2) is 11.0 Å². The van der Waals surface area contributed by atoms with Crippen molar-refractivity contribution in [1.82, 2.24) is 0 Å². The van der Waals surface area contributed by atoms with Crippen molar-refractivity contribution >= 4 is 11.6 Å². The van der Waals surface area contributed by atoms with Crippen molar-refractivity contribution in [2.24, 2.45) is 0 Å². The van der Waals surface area contributed by atoms with Gasteiger partial charge in [-0.3, -0.25) is 4.79 Å². The van der Waals surface area contributed by atoms with E-state index in [1.165, 1.54) is 0 Å². The Labute approximate surface area is 171 Å². The lowest BCUT2D eigenvalue weighted by atomic mass is 9.99. The largest absolute Gasteiger partial charge is 0.508 e. The lowest BCUT2D eigenvalue weighted by Crippen LogP contribution is -2.12. The molecule has 5 heteroatoms. The number of aryl methyl sites for hydroxylation is 3. The van der Waals surface area contributed by atoms with E-state index in [1.54, 1.807) is 24.3 Å². The Morgan fingerprint density at radius 2 is 1.76 bits per heavy atom. The smallest absolute Gasteiger partial charge is 0.291 e. The van der Waals surface area contributed by atoms with Crippen molar-refractivity contribution in [2.75, 3.05) is 5.32 Å². The Morgan fingerprint density at radius 3 is 2.41 bits per heavy atom. The fourth-order valence-corrected chi connectivity index (χ4v) is 3.24. The summed E-state index contributed by atoms with van der Waals surface area (Å²) in [6.07, 6.45) is 0. The number of hydrogen-bond acceptors (Lipinski definition) is 4. The van der Waals surface area contributed by atoms with Gasteiger partial charge in [-0.05, 0) is 73.2 Å². The molecule has 0 saturated heterocycles. The number of amides is 1. The zero-order valence-electron chi connectivity index (χ0n) is 17.5. The van der Waals surface area contributed by atoms with E-state index in [-0.39, 0.29) is 29.9 Å². The van der Waals surface area contributed by atoms with Gasteiger partial charge in [-0.15, -0.1) is 0 Å². The Kier molecular flexibility index (Phi) is 5.97. The van der Waals surface area contributed by atoms with Crippen molar-refractivity contribution in [3.8, 4) is 11.5 Å². The number of ether oxygens (including phenoxy) is 1. The molecule has 0 radical (unpaired) electrons. The van der Waals surface area contributed by atoms with Crippen molar-refractivity contribution in [1.29, 1.82) is 0 Å². The van der Waals surface area contributed by atoms with Crippen molar-refractivity contribution < 1.29 is 19.1 Å². The molecule has 29 heavy (non-hydrogen) atoms. The minimum atomic E-state index is -0.341. The second-order valence-electron chi connectivity index (χ2n) is 7.61. The molecule has 1 amide bonds. The van der Waals surface area contributed by atoms with Gasteiger partial charge in [0.1, 0.15) is 23.9 Å². The molecule has 0 spiro atoms. The lowest BCUT2D eigenvalue weighted by Gasteiger charge is -2.14. The number of aromatic hydroxyl groups is 1. The summed E-state index contributed by atoms with van der Waals surface area (Å²) in [4.78, 5) is 12.6. The molecular formula is C24H27NO4. The van der Waals surface area contributed by atoms with Crippen LogP contribution in [0.4, 0.5) is 5.69 Å². The van der Waals surface area contributed by atoms with E-state index in [4.69, 9.17) is 9.15 Å². The fourth-order valence-electron chi connectivity index (χ4n) is 3.24. The van der Waals surface area contributed by atoms with Gasteiger partial charge in [-0.2, -0.15) is 0 Å². The maximum Gasteiger partial charge on any atom is 0.291 e. The summed E-state index contributed by atoms with van der Waals surface area (Å²) in [6, 6.07) is 12.8. The molecule has 2 aromatic carbocycles. The Balaban J connectivity index is 1.71. The highest BCUT2D eigenvalue weighted by molar-refractivity contribution is 6.02. The lowest BCUT2D eigenvalue weighted by molar-refractivity contribution is 0.0992. The number of nitrogens with one attached hydrogen (secondary N) is 1. The van der Waals surface area contributed by atoms with Crippen molar-refractivity contribution in [2.45, 2.75) is 47.1 Å². The summed E-state index contributed by atoms with van der Waals surface area (Å²) in [5, 5.41) is 13.0. The van der Waals surface area contributed by atoms with Crippen LogP contribution in [0.3, 0.4) is 0 Å². The van der Waals surface area contributed by atoms with Crippen LogP contribution in [0.1, 0.15) is 58.3 Å². The molecule has 0 aliphatic carbocycles. The number of phenols is 1. The standard InChI is InChI=1S/C24H27NO4/c1-14(2)19-12-20(17(5)11-21(19)26)25-24(27)22-10-9-18(29-22)13-28-23-15(3)7-6-8-16(23)4/h6-12,14,26H,13H2,1-5H3,(H,25,27). The van der Waals surface area contributed by atoms with Gasteiger partial charge in [0.05, 0.1) is 0 Å². The summed E-state index contributed by atoms with van der Waals surface area (Å²) < 4.78 is 11.6. The molecule has 1 aromatic heterocycles. The molecule has 0 saturated carbocycles. The molecule has 3 aromatic rings. The number of furan rings is 1. The topological polar surface area (TPSA) is 71.7 Å². The quantitative estimate of drug-likeness (QED) is 0.514. The van der Waals surface area contributed by atoms with Gasteiger partial charge in [-0.25, -0.2) is 0 Å². The van der Waals surface area contributed by atoms with Crippen LogP contribution in [0.2, 0.25) is 0 Å². The number of anilines is 1. The van der Waals surface area contributed by atoms with E-state index in [2.05, 4.69) is 5.32 Å². The number of phenolic OH excluding ortho intramolecular Hbond substituents is 1. The highest BCUT2D eigenvalue weighted by Crippen LogP contribution is 2.31. The monoisotopic (exact) mass is 393 g/mol. The highest BCUT2D eigenvalue weighted by atomic mass is 16.5. The van der Waals surface area contributed by atoms with E-state index in [0.29, 0.717) is 11.4 Å². The molecule has 5 nitrogen and oxygen atoms in total. The SMILES string of the molecule is Cc1cc(O)c(C(C)C)cc1NC(=O)c1ccc(COc2c(C)cccc2C)o1. The second kappa shape index (κ2) is 8.43. The van der Waals surface area contributed by atoms with Crippen molar-refractivity contribution in [3.05, 3.63) is 76.2 Å². The van der Waals surface area contributed by atoms with Crippen molar-refractivity contribution in [3.63, 3.8) is 0 Å². The predicted molar refractivity (Wildman–Crippen MR) is 114 cm³/mol. The van der Waals surface area contributed by atoms with Gasteiger partial charge >= 0.3 is 0 Å². The molecule has 2 N–H and O–H groups in total. The summed E-state index contributed by atoms with van der Waals surface area (Å²) >= 11 is 0. The molecule has 0 bridgehead atoms. The average molecular weight is 393 g/mol. The summed E-state index contributed by atoms with van der Waals surface area (Å²) in [7, 11) is 0. The van der Waals surface area contributed by atoms with Gasteiger partial charge in [0.2, 0.25) is 0 Å². The molecule has 0 unspecified atom stereocenters. The third-order valence-corrected chi connectivity index (χ3v) is 4.90. The second-order valence-corrected chi connectivity index (χ2v) is 7.61. The first-order valence-electron chi connectivity index (χ1n) is 9.69. The molecule has 1 heterocycles. The first-order chi connectivity index (χ1) is 13.8. The first-order valence-corrected chi connectivity index (χ1v) is 9.69. The Hall–Kier alpha value is -3.21. The number of carbonyl (C=O) groups excluding carboxylic acids is 1. The average Bonchev–Trinajstić information content (AvgIpc) is 3.12. The van der Waals surface area contributed by atoms with Gasteiger partial charge in [0.15, 0.2) is 5.76 Å². The molecule has 0 fully saturated rings. The highest BCUT2D eigenvalue weighted by Gasteiger charge is 2.16. The van der Waals surface area contributed by atoms with Gasteiger partial charge in [-0.1, -0.05) is 32.0 Å². The van der Waals surface area contributed by atoms with E-state index in [9.17, 15) is 9.90 Å². The van der Waals surface area contributed by atoms with Crippen LogP contribution in [0.15, 0.2) is 46.9 Å². The Morgan fingerprint density at radius 1 is 1.07 bits per heavy atom. The number of benzene rings is 2. The zero-order chi connectivity index (χ0) is 21.1. The van der Waals surface area contributed by atoms with Crippen LogP contribution in [0.5, 0.6) is 11.5 Å². The number of hydrogen-bond donors (Lipinski definition) is 2. The van der Waals surface area contributed by atoms with Crippen LogP contribution in [0.25, 0.3) is 0 Å². The third-order valence-electron chi connectivity index (χ3n) is 4.90. The van der Waals surface area contributed by atoms with E-state index < -0.39 is 0 Å². The first kappa shape index (κ1) is 20.5. The number of carbonyl (C=O) groups is 1. The van der Waals surface area contributed by atoms with Crippen LogP contribution < -0.4 is 10.1 Å². The molecule has 3 rings (SSSR count). The summed E-state index contributed by atoms with van der Waals surface area (Å²) in [6.45, 7) is 10.1. The minimum absolute atomic E-state index is 0.142. The molecule has 0 aliphatic rings. The maximum atomic E-state index is 12.6. The fraction of sp³-hybridized carbons (Fsp3) is 0.292. The van der Waals surface area contributed by atoms with Crippen LogP contribution >= 0.6 is 0 Å². The van der Waals surface area contributed by atoms with E-state index in [0.717, 1.165) is 28.0 Å². The minimum Gasteiger partial charge on any atom is -0.508 e. The van der Waals surface area contributed by atoms with Crippen LogP contribution in [-0.2, 0) is 6.61 Å². The van der Waals surface area contributed by atoms with E-state index in [1.807, 2.05) is 52.8 Å². The third kappa shape index (κ3) is 4.62. The van der Waals surface area contributed by atoms with Crippen LogP contribution in [0, 0.1) is 20.8 Å². The Bertz CT molecular complexity index is 1010. The maximum absolute atomic E-state index is 12.6. The normalized spacial score (nSPS) is 11.0. The zero-order valence-corrected chi connectivity index (χ0v) is 17.5. The van der Waals surface area contributed by atoms with Gasteiger partial charge < -0.3 is 19.6 Å². The molecule has 0 aliphatic heterocycles. The summed E-state index contributed by atoms with van der Waals surface area (Å²) in [5.41, 5.74) is 4.33.